The molecular weight excluding hydrogens is 232 g/mol. The van der Waals surface area contributed by atoms with Crippen LogP contribution in [0.3, 0.4) is 0 Å². The van der Waals surface area contributed by atoms with E-state index in [4.69, 9.17) is 5.11 Å². The molecule has 0 saturated carbocycles. The maximum Gasteiger partial charge on any atom is 0.0727 e. The molecule has 1 N–H and O–H groups in total. The molecule has 0 fully saturated rings. The largest absolute Gasteiger partial charge is 0.396 e. The fourth-order valence-corrected chi connectivity index (χ4v) is 1.06. The quantitative estimate of drug-likeness (QED) is 0.535. The first-order chi connectivity index (χ1) is 6.81. The van der Waals surface area contributed by atoms with Crippen LogP contribution in [0.2, 0.25) is 0 Å². The zero-order chi connectivity index (χ0) is 12.1. The van der Waals surface area contributed by atoms with Gasteiger partial charge in [0, 0.05) is 21.4 Å². The van der Waals surface area contributed by atoms with E-state index in [1.54, 1.807) is 0 Å². The summed E-state index contributed by atoms with van der Waals surface area (Å²) in [6.07, 6.45) is 0. The number of aliphatic hydroxyl groups excluding tert-OH is 1. The summed E-state index contributed by atoms with van der Waals surface area (Å²) >= 11 is 0. The predicted molar refractivity (Wildman–Crippen MR) is 36.3 cm³/mol. The SMILES string of the molecule is OCC(CN(F)F)(CN(F)F)CN(F)F. The van der Waals surface area contributed by atoms with E-state index >= 15 is 0 Å². The Morgan fingerprint density at radius 2 is 1.00 bits per heavy atom. The van der Waals surface area contributed by atoms with Gasteiger partial charge in [-0.25, -0.2) is 0 Å². The molecule has 0 aliphatic heterocycles. The Labute approximate surface area is 80.9 Å². The molecule has 0 saturated heterocycles. The third-order valence-electron chi connectivity index (χ3n) is 1.70. The van der Waals surface area contributed by atoms with Crippen LogP contribution in [-0.2, 0) is 0 Å². The lowest BCUT2D eigenvalue weighted by Crippen LogP contribution is -2.46. The zero-order valence-corrected chi connectivity index (χ0v) is 7.39. The lowest BCUT2D eigenvalue weighted by atomic mass is 9.89. The van der Waals surface area contributed by atoms with Crippen molar-refractivity contribution in [3.8, 4) is 0 Å². The number of aliphatic hydroxyl groups is 1. The monoisotopic (exact) mass is 241 g/mol. The minimum Gasteiger partial charge on any atom is -0.396 e. The van der Waals surface area contributed by atoms with Gasteiger partial charge >= 0.3 is 0 Å². The van der Waals surface area contributed by atoms with Crippen molar-refractivity contribution in [3.63, 3.8) is 0 Å². The van der Waals surface area contributed by atoms with E-state index in [0.29, 0.717) is 0 Å². The molecule has 0 spiro atoms. The molecule has 0 rings (SSSR count). The summed E-state index contributed by atoms with van der Waals surface area (Å²) in [5.74, 6) is 0. The summed E-state index contributed by atoms with van der Waals surface area (Å²) in [5.41, 5.74) is -2.31. The van der Waals surface area contributed by atoms with Crippen LogP contribution in [0.15, 0.2) is 0 Å². The van der Waals surface area contributed by atoms with E-state index < -0.39 is 47.7 Å². The number of hydrogen-bond acceptors (Lipinski definition) is 4. The molecule has 0 radical (unpaired) electrons. The van der Waals surface area contributed by atoms with Gasteiger partial charge in [0.2, 0.25) is 0 Å². The van der Waals surface area contributed by atoms with Crippen LogP contribution in [0, 0.1) is 5.41 Å². The van der Waals surface area contributed by atoms with E-state index in [0.717, 1.165) is 0 Å². The zero-order valence-electron chi connectivity index (χ0n) is 7.39. The molecular formula is C5H9F6N3O. The molecule has 0 atom stereocenters. The number of hydrogen-bond donors (Lipinski definition) is 1. The Morgan fingerprint density at radius 3 is 1.13 bits per heavy atom. The van der Waals surface area contributed by atoms with Crippen LogP contribution in [0.4, 0.5) is 26.9 Å². The van der Waals surface area contributed by atoms with Crippen LogP contribution in [-0.4, -0.2) is 47.4 Å². The van der Waals surface area contributed by atoms with Crippen molar-refractivity contribution in [1.82, 2.24) is 16.0 Å². The fraction of sp³-hybridized carbons (Fsp3) is 1.00. The standard InChI is InChI=1S/C5H9F6N3O/c6-12(7)1-5(4-15,2-13(8)9)3-14(10)11/h15H,1-4H2. The normalized spacial score (nSPS) is 13.2. The Bertz CT molecular complexity index is 154. The van der Waals surface area contributed by atoms with Gasteiger partial charge in [0.1, 0.15) is 0 Å². The minimum absolute atomic E-state index is 1.22. The van der Waals surface area contributed by atoms with Gasteiger partial charge in [-0.1, -0.05) is 0 Å². The van der Waals surface area contributed by atoms with Crippen LogP contribution >= 0.6 is 0 Å². The van der Waals surface area contributed by atoms with Crippen molar-refractivity contribution in [2.45, 2.75) is 0 Å². The van der Waals surface area contributed by atoms with E-state index in [1.807, 2.05) is 0 Å². The van der Waals surface area contributed by atoms with Crippen molar-refractivity contribution >= 4 is 0 Å². The predicted octanol–water partition coefficient (Wildman–Crippen LogP) is 1.18. The summed E-state index contributed by atoms with van der Waals surface area (Å²) in [7, 11) is 0. The molecule has 0 aromatic rings. The Hall–Kier alpha value is -0.580. The number of rotatable bonds is 7. The molecule has 0 aromatic carbocycles. The summed E-state index contributed by atoms with van der Waals surface area (Å²) < 4.78 is 70.9. The van der Waals surface area contributed by atoms with Crippen molar-refractivity contribution in [2.24, 2.45) is 5.41 Å². The third kappa shape index (κ3) is 5.77. The molecule has 0 aliphatic carbocycles. The second-order valence-electron chi connectivity index (χ2n) is 3.04. The van der Waals surface area contributed by atoms with Gasteiger partial charge in [0.15, 0.2) is 0 Å². The van der Waals surface area contributed by atoms with Gasteiger partial charge in [-0.2, -0.15) is 0 Å². The van der Waals surface area contributed by atoms with E-state index in [9.17, 15) is 26.9 Å². The highest BCUT2D eigenvalue weighted by atomic mass is 19.4. The summed E-state index contributed by atoms with van der Waals surface area (Å²) in [6.45, 7) is -5.39. The second kappa shape index (κ2) is 6.10. The van der Waals surface area contributed by atoms with E-state index in [1.165, 1.54) is 0 Å². The van der Waals surface area contributed by atoms with Crippen LogP contribution < -0.4 is 0 Å². The average Bonchev–Trinajstić information content (AvgIpc) is 1.99. The maximum atomic E-state index is 11.8. The van der Waals surface area contributed by atoms with E-state index in [2.05, 4.69) is 0 Å². The fourth-order valence-electron chi connectivity index (χ4n) is 1.06. The van der Waals surface area contributed by atoms with Crippen LogP contribution in [0.5, 0.6) is 0 Å². The molecule has 0 aromatic heterocycles. The Morgan fingerprint density at radius 1 is 0.733 bits per heavy atom. The minimum atomic E-state index is -2.31. The van der Waals surface area contributed by atoms with Gasteiger partial charge in [-0.15, -0.1) is 26.9 Å². The molecule has 0 unspecified atom stereocenters. The second-order valence-corrected chi connectivity index (χ2v) is 3.04. The average molecular weight is 241 g/mol. The van der Waals surface area contributed by atoms with Gasteiger partial charge in [0.25, 0.3) is 0 Å². The molecule has 0 heterocycles. The highest BCUT2D eigenvalue weighted by Gasteiger charge is 2.38. The van der Waals surface area contributed by atoms with Crippen molar-refractivity contribution in [1.29, 1.82) is 0 Å². The topological polar surface area (TPSA) is 30.0 Å². The van der Waals surface area contributed by atoms with Crippen LogP contribution in [0.25, 0.3) is 0 Å². The number of halogens is 6. The van der Waals surface area contributed by atoms with Gasteiger partial charge in [-0.05, 0) is 0 Å². The lowest BCUT2D eigenvalue weighted by Gasteiger charge is -2.30. The van der Waals surface area contributed by atoms with Crippen LogP contribution in [0.1, 0.15) is 0 Å². The molecule has 15 heavy (non-hydrogen) atoms. The highest BCUT2D eigenvalue weighted by Crippen LogP contribution is 2.23. The molecule has 0 aliphatic rings. The summed E-state index contributed by atoms with van der Waals surface area (Å²) in [5, 5.41) is 4.07. The summed E-state index contributed by atoms with van der Waals surface area (Å²) in [4.78, 5) is 0. The third-order valence-corrected chi connectivity index (χ3v) is 1.70. The molecule has 10 heteroatoms. The van der Waals surface area contributed by atoms with Crippen molar-refractivity contribution in [3.05, 3.63) is 0 Å². The van der Waals surface area contributed by atoms with Crippen molar-refractivity contribution in [2.75, 3.05) is 26.2 Å². The Kier molecular flexibility index (Phi) is 5.87. The lowest BCUT2D eigenvalue weighted by molar-refractivity contribution is -0.246. The Balaban J connectivity index is 4.59. The molecule has 0 bridgehead atoms. The van der Waals surface area contributed by atoms with Crippen molar-refractivity contribution < 1.29 is 32.0 Å². The molecule has 0 amide bonds. The number of nitrogens with zero attached hydrogens (tertiary/aromatic N) is 3. The summed E-state index contributed by atoms with van der Waals surface area (Å²) in [6, 6.07) is 0. The van der Waals surface area contributed by atoms with Gasteiger partial charge in [-0.3, -0.25) is 0 Å². The first-order valence-electron chi connectivity index (χ1n) is 3.69. The smallest absolute Gasteiger partial charge is 0.0727 e. The first kappa shape index (κ1) is 14.4. The maximum absolute atomic E-state index is 11.8. The van der Waals surface area contributed by atoms with Gasteiger partial charge < -0.3 is 5.11 Å². The molecule has 4 nitrogen and oxygen atoms in total. The highest BCUT2D eigenvalue weighted by molar-refractivity contribution is 4.81. The van der Waals surface area contributed by atoms with Gasteiger partial charge in [0.05, 0.1) is 26.2 Å². The first-order valence-corrected chi connectivity index (χ1v) is 3.69. The molecule has 92 valence electrons. The van der Waals surface area contributed by atoms with E-state index in [-0.39, 0.29) is 0 Å².